The fraction of sp³-hybridized carbons (Fsp3) is 1.00. The van der Waals surface area contributed by atoms with E-state index in [2.05, 4.69) is 0 Å². The normalized spacial score (nSPS) is 52.7. The van der Waals surface area contributed by atoms with Gasteiger partial charge in [0, 0.05) is 6.42 Å². The molecule has 0 aromatic rings. The molecule has 1 spiro atoms. The van der Waals surface area contributed by atoms with Crippen molar-refractivity contribution < 1.29 is 19.7 Å². The SMILES string of the molecule is BC1OC(CO)[C@@H](O)[C@@]12CCO2. The molecule has 2 saturated heterocycles. The van der Waals surface area contributed by atoms with Gasteiger partial charge in [0.2, 0.25) is 0 Å². The molecule has 0 aromatic heterocycles. The zero-order valence-corrected chi connectivity index (χ0v) is 7.06. The monoisotopic (exact) mass is 172 g/mol. The van der Waals surface area contributed by atoms with Crippen LogP contribution in [0, 0.1) is 0 Å². The summed E-state index contributed by atoms with van der Waals surface area (Å²) in [5.41, 5.74) is -0.520. The van der Waals surface area contributed by atoms with Crippen LogP contribution in [0.5, 0.6) is 0 Å². The zero-order valence-electron chi connectivity index (χ0n) is 7.06. The second-order valence-electron chi connectivity index (χ2n) is 3.50. The highest BCUT2D eigenvalue weighted by Crippen LogP contribution is 2.41. The molecule has 0 radical (unpaired) electrons. The van der Waals surface area contributed by atoms with E-state index in [1.807, 2.05) is 7.85 Å². The molecule has 2 aliphatic heterocycles. The van der Waals surface area contributed by atoms with E-state index in [4.69, 9.17) is 14.6 Å². The van der Waals surface area contributed by atoms with Crippen LogP contribution in [0.4, 0.5) is 0 Å². The molecule has 2 fully saturated rings. The van der Waals surface area contributed by atoms with Gasteiger partial charge in [0.05, 0.1) is 19.2 Å². The van der Waals surface area contributed by atoms with E-state index in [9.17, 15) is 5.11 Å². The number of ether oxygens (including phenoxy) is 2. The molecule has 12 heavy (non-hydrogen) atoms. The molecule has 0 bridgehead atoms. The smallest absolute Gasteiger partial charge is 0.143 e. The Labute approximate surface area is 71.9 Å². The first-order valence-corrected chi connectivity index (χ1v) is 4.29. The average molecular weight is 172 g/mol. The Balaban J connectivity index is 2.14. The summed E-state index contributed by atoms with van der Waals surface area (Å²) in [4.78, 5) is 0. The second-order valence-corrected chi connectivity index (χ2v) is 3.50. The van der Waals surface area contributed by atoms with Gasteiger partial charge >= 0.3 is 0 Å². The Hall–Kier alpha value is -0.0951. The molecule has 2 N–H and O–H groups in total. The summed E-state index contributed by atoms with van der Waals surface area (Å²) in [6, 6.07) is -0.113. The van der Waals surface area contributed by atoms with Gasteiger partial charge in [-0.15, -0.1) is 0 Å². The third-order valence-electron chi connectivity index (χ3n) is 2.96. The highest BCUT2D eigenvalue weighted by atomic mass is 16.6. The lowest BCUT2D eigenvalue weighted by Crippen LogP contribution is -2.58. The molecular weight excluding hydrogens is 159 g/mol. The Morgan fingerprint density at radius 2 is 2.25 bits per heavy atom. The van der Waals surface area contributed by atoms with Gasteiger partial charge in [-0.25, -0.2) is 0 Å². The van der Waals surface area contributed by atoms with Gasteiger partial charge in [-0.3, -0.25) is 0 Å². The van der Waals surface area contributed by atoms with Crippen molar-refractivity contribution >= 4 is 7.85 Å². The second kappa shape index (κ2) is 2.70. The predicted octanol–water partition coefficient (Wildman–Crippen LogP) is -2.14. The van der Waals surface area contributed by atoms with E-state index in [0.29, 0.717) is 6.61 Å². The molecule has 2 rings (SSSR count). The molecule has 2 heterocycles. The summed E-state index contributed by atoms with van der Waals surface area (Å²) in [5, 5.41) is 18.6. The maximum atomic E-state index is 9.72. The lowest BCUT2D eigenvalue weighted by atomic mass is 9.75. The van der Waals surface area contributed by atoms with Crippen LogP contribution < -0.4 is 0 Å². The van der Waals surface area contributed by atoms with Crippen molar-refractivity contribution in [3.63, 3.8) is 0 Å². The lowest BCUT2D eigenvalue weighted by molar-refractivity contribution is -0.194. The molecule has 5 heteroatoms. The Bertz CT molecular complexity index is 182. The van der Waals surface area contributed by atoms with Gasteiger partial charge in [-0.2, -0.15) is 0 Å². The molecule has 0 aliphatic carbocycles. The van der Waals surface area contributed by atoms with E-state index < -0.39 is 17.8 Å². The number of hydrogen-bond acceptors (Lipinski definition) is 4. The summed E-state index contributed by atoms with van der Waals surface area (Å²) in [5.74, 6) is 0. The molecule has 4 nitrogen and oxygen atoms in total. The summed E-state index contributed by atoms with van der Waals surface area (Å²) in [6.45, 7) is 0.541. The van der Waals surface area contributed by atoms with Gasteiger partial charge in [0.1, 0.15) is 25.7 Å². The number of aliphatic hydroxyl groups excluding tert-OH is 2. The first-order chi connectivity index (χ1) is 5.70. The lowest BCUT2D eigenvalue weighted by Gasteiger charge is -2.43. The Morgan fingerprint density at radius 3 is 2.50 bits per heavy atom. The van der Waals surface area contributed by atoms with Crippen molar-refractivity contribution in [2.24, 2.45) is 0 Å². The summed E-state index contributed by atoms with van der Waals surface area (Å²) in [6.07, 6.45) is -0.321. The molecular formula is C7H13BO4. The van der Waals surface area contributed by atoms with Crippen LogP contribution in [-0.2, 0) is 9.47 Å². The molecule has 0 aromatic carbocycles. The minimum atomic E-state index is -0.675. The minimum absolute atomic E-state index is 0.113. The van der Waals surface area contributed by atoms with Crippen molar-refractivity contribution in [1.29, 1.82) is 0 Å². The fourth-order valence-electron chi connectivity index (χ4n) is 2.04. The molecule has 2 aliphatic rings. The zero-order chi connectivity index (χ0) is 8.77. The third-order valence-corrected chi connectivity index (χ3v) is 2.96. The summed E-state index contributed by atoms with van der Waals surface area (Å²) in [7, 11) is 1.87. The van der Waals surface area contributed by atoms with Crippen LogP contribution in [0.25, 0.3) is 0 Å². The quantitative estimate of drug-likeness (QED) is 0.443. The third kappa shape index (κ3) is 0.878. The van der Waals surface area contributed by atoms with Crippen molar-refractivity contribution in [3.05, 3.63) is 0 Å². The van der Waals surface area contributed by atoms with Crippen LogP contribution in [0.2, 0.25) is 0 Å². The number of hydrogen-bond donors (Lipinski definition) is 2. The molecule has 0 amide bonds. The van der Waals surface area contributed by atoms with Crippen LogP contribution in [-0.4, -0.2) is 55.1 Å². The van der Waals surface area contributed by atoms with Gasteiger partial charge in [0.25, 0.3) is 0 Å². The van der Waals surface area contributed by atoms with Gasteiger partial charge < -0.3 is 19.7 Å². The maximum absolute atomic E-state index is 9.72. The molecule has 2 unspecified atom stereocenters. The van der Waals surface area contributed by atoms with E-state index in [0.717, 1.165) is 6.42 Å². The number of aliphatic hydroxyl groups is 2. The summed E-state index contributed by atoms with van der Waals surface area (Å²) >= 11 is 0. The molecule has 0 saturated carbocycles. The van der Waals surface area contributed by atoms with Gasteiger partial charge in [0.15, 0.2) is 0 Å². The van der Waals surface area contributed by atoms with Crippen LogP contribution in [0.3, 0.4) is 0 Å². The largest absolute Gasteiger partial charge is 0.394 e. The Morgan fingerprint density at radius 1 is 1.58 bits per heavy atom. The molecule has 68 valence electrons. The van der Waals surface area contributed by atoms with E-state index in [1.165, 1.54) is 0 Å². The van der Waals surface area contributed by atoms with Crippen molar-refractivity contribution in [2.45, 2.75) is 30.2 Å². The predicted molar refractivity (Wildman–Crippen MR) is 43.6 cm³/mol. The maximum Gasteiger partial charge on any atom is 0.143 e. The van der Waals surface area contributed by atoms with E-state index in [1.54, 1.807) is 0 Å². The average Bonchev–Trinajstić information content (AvgIpc) is 2.21. The van der Waals surface area contributed by atoms with Crippen molar-refractivity contribution in [1.82, 2.24) is 0 Å². The van der Waals surface area contributed by atoms with Gasteiger partial charge in [-0.05, 0) is 0 Å². The Kier molecular flexibility index (Phi) is 1.91. The van der Waals surface area contributed by atoms with E-state index >= 15 is 0 Å². The summed E-state index contributed by atoms with van der Waals surface area (Å²) < 4.78 is 10.7. The first kappa shape index (κ1) is 8.50. The van der Waals surface area contributed by atoms with E-state index in [-0.39, 0.29) is 12.6 Å². The topological polar surface area (TPSA) is 58.9 Å². The fourth-order valence-corrected chi connectivity index (χ4v) is 2.04. The highest BCUT2D eigenvalue weighted by molar-refractivity contribution is 6.12. The van der Waals surface area contributed by atoms with Crippen LogP contribution in [0.1, 0.15) is 6.42 Å². The van der Waals surface area contributed by atoms with Gasteiger partial charge in [-0.1, -0.05) is 0 Å². The minimum Gasteiger partial charge on any atom is -0.394 e. The highest BCUT2D eigenvalue weighted by Gasteiger charge is 2.58. The van der Waals surface area contributed by atoms with Crippen molar-refractivity contribution in [2.75, 3.05) is 13.2 Å². The molecule has 4 atom stereocenters. The van der Waals surface area contributed by atoms with Crippen molar-refractivity contribution in [3.8, 4) is 0 Å². The van der Waals surface area contributed by atoms with Crippen LogP contribution in [0.15, 0.2) is 0 Å². The first-order valence-electron chi connectivity index (χ1n) is 4.29. The number of rotatable bonds is 1. The standard InChI is InChI=1S/C7H13BO4/c8-6-7(1-2-11-7)5(10)4(3-9)12-6/h4-6,9-10H,1-3,8H2/t4?,5-,6?,7+/m1/s1. The van der Waals surface area contributed by atoms with Crippen LogP contribution >= 0.6 is 0 Å².